The highest BCUT2D eigenvalue weighted by Gasteiger charge is 2.11. The molecule has 4 heteroatoms. The van der Waals surface area contributed by atoms with Gasteiger partial charge < -0.3 is 10.6 Å². The van der Waals surface area contributed by atoms with Gasteiger partial charge in [0.2, 0.25) is 0 Å². The molecule has 0 radical (unpaired) electrons. The summed E-state index contributed by atoms with van der Waals surface area (Å²) in [5.74, 6) is 0. The molecule has 0 spiro atoms. The second kappa shape index (κ2) is 7.75. The summed E-state index contributed by atoms with van der Waals surface area (Å²) < 4.78 is 1.09. The highest BCUT2D eigenvalue weighted by Crippen LogP contribution is 2.20. The zero-order valence-corrected chi connectivity index (χ0v) is 15.5. The van der Waals surface area contributed by atoms with Gasteiger partial charge in [-0.2, -0.15) is 0 Å². The summed E-state index contributed by atoms with van der Waals surface area (Å²) >= 11 is 8.94. The average molecular weight is 377 g/mol. The van der Waals surface area contributed by atoms with E-state index in [-0.39, 0.29) is 6.04 Å². The summed E-state index contributed by atoms with van der Waals surface area (Å²) in [7, 11) is 0. The fourth-order valence-electron chi connectivity index (χ4n) is 2.30. The lowest BCUT2D eigenvalue weighted by Gasteiger charge is -2.21. The first-order chi connectivity index (χ1) is 10.5. The lowest BCUT2D eigenvalue weighted by Crippen LogP contribution is -2.32. The molecule has 1 atom stereocenters. The number of rotatable bonds is 4. The van der Waals surface area contributed by atoms with Crippen LogP contribution in [-0.2, 0) is 0 Å². The lowest BCUT2D eigenvalue weighted by atomic mass is 10.1. The molecule has 0 aliphatic rings. The van der Waals surface area contributed by atoms with Crippen LogP contribution in [-0.4, -0.2) is 5.11 Å². The van der Waals surface area contributed by atoms with Crippen molar-refractivity contribution in [2.24, 2.45) is 0 Å². The summed E-state index contributed by atoms with van der Waals surface area (Å²) in [6.07, 6.45) is 0.969. The molecule has 0 unspecified atom stereocenters. The standard InChI is InChI=1S/C18H21BrN2S/c1-4-16(14-7-9-15(19)10-8-14)20-18(22)21-17-11-12(2)5-6-13(17)3/h5-11,16H,4H2,1-3H3,(H2,20,21,22)/t16-/m0/s1. The highest BCUT2D eigenvalue weighted by molar-refractivity contribution is 9.10. The first kappa shape index (κ1) is 17.0. The Morgan fingerprint density at radius 2 is 1.82 bits per heavy atom. The minimum Gasteiger partial charge on any atom is -0.356 e. The van der Waals surface area contributed by atoms with Gasteiger partial charge in [0, 0.05) is 10.2 Å². The summed E-state index contributed by atoms with van der Waals surface area (Å²) in [6.45, 7) is 6.31. The van der Waals surface area contributed by atoms with Crippen molar-refractivity contribution in [1.82, 2.24) is 5.32 Å². The van der Waals surface area contributed by atoms with Crippen LogP contribution in [0.3, 0.4) is 0 Å². The third-order valence-electron chi connectivity index (χ3n) is 3.63. The van der Waals surface area contributed by atoms with Crippen LogP contribution in [0.25, 0.3) is 0 Å². The van der Waals surface area contributed by atoms with Crippen molar-refractivity contribution in [2.45, 2.75) is 33.2 Å². The Morgan fingerprint density at radius 3 is 2.45 bits per heavy atom. The van der Waals surface area contributed by atoms with Gasteiger partial charge in [-0.15, -0.1) is 0 Å². The fraction of sp³-hybridized carbons (Fsp3) is 0.278. The van der Waals surface area contributed by atoms with Gasteiger partial charge in [0.1, 0.15) is 0 Å². The molecule has 0 saturated heterocycles. The maximum Gasteiger partial charge on any atom is 0.171 e. The van der Waals surface area contributed by atoms with Crippen LogP contribution in [0.4, 0.5) is 5.69 Å². The molecule has 2 N–H and O–H groups in total. The molecule has 0 aromatic heterocycles. The Balaban J connectivity index is 2.06. The molecule has 2 nitrogen and oxygen atoms in total. The maximum atomic E-state index is 5.48. The summed E-state index contributed by atoms with van der Waals surface area (Å²) in [6, 6.07) is 14.9. The van der Waals surface area contributed by atoms with Gasteiger partial charge in [-0.25, -0.2) is 0 Å². The minimum atomic E-state index is 0.207. The Kier molecular flexibility index (Phi) is 5.98. The van der Waals surface area contributed by atoms with Crippen LogP contribution in [0.15, 0.2) is 46.9 Å². The van der Waals surface area contributed by atoms with Crippen molar-refractivity contribution in [3.63, 3.8) is 0 Å². The second-order valence-electron chi connectivity index (χ2n) is 5.43. The molecule has 0 aliphatic carbocycles. The van der Waals surface area contributed by atoms with Crippen LogP contribution in [0.2, 0.25) is 0 Å². The van der Waals surface area contributed by atoms with Crippen molar-refractivity contribution in [2.75, 3.05) is 5.32 Å². The van der Waals surface area contributed by atoms with Crippen molar-refractivity contribution in [3.8, 4) is 0 Å². The van der Waals surface area contributed by atoms with Crippen LogP contribution in [0.1, 0.15) is 36.1 Å². The second-order valence-corrected chi connectivity index (χ2v) is 6.75. The van der Waals surface area contributed by atoms with Gasteiger partial charge in [-0.05, 0) is 67.4 Å². The number of benzene rings is 2. The van der Waals surface area contributed by atoms with Crippen molar-refractivity contribution >= 4 is 38.9 Å². The van der Waals surface area contributed by atoms with E-state index in [0.717, 1.165) is 16.6 Å². The zero-order valence-electron chi connectivity index (χ0n) is 13.1. The van der Waals surface area contributed by atoms with Gasteiger partial charge >= 0.3 is 0 Å². The van der Waals surface area contributed by atoms with Crippen molar-refractivity contribution in [1.29, 1.82) is 0 Å². The van der Waals surface area contributed by atoms with Gasteiger partial charge in [0.25, 0.3) is 0 Å². The molecule has 2 rings (SSSR count). The van der Waals surface area contributed by atoms with Crippen LogP contribution in [0, 0.1) is 13.8 Å². The van der Waals surface area contributed by atoms with Gasteiger partial charge in [-0.1, -0.05) is 47.1 Å². The van der Waals surface area contributed by atoms with E-state index in [9.17, 15) is 0 Å². The van der Waals surface area contributed by atoms with Crippen LogP contribution >= 0.6 is 28.1 Å². The fourth-order valence-corrected chi connectivity index (χ4v) is 2.82. The van der Waals surface area contributed by atoms with E-state index in [1.165, 1.54) is 16.7 Å². The predicted octanol–water partition coefficient (Wildman–Crippen LogP) is 5.50. The Hall–Kier alpha value is -1.39. The van der Waals surface area contributed by atoms with Gasteiger partial charge in [0.15, 0.2) is 5.11 Å². The van der Waals surface area contributed by atoms with Crippen LogP contribution < -0.4 is 10.6 Å². The SMILES string of the molecule is CC[C@H](NC(=S)Nc1cc(C)ccc1C)c1ccc(Br)cc1. The molecule has 2 aromatic rings. The molecule has 0 fully saturated rings. The number of thiocarbonyl (C=S) groups is 1. The number of anilines is 1. The normalized spacial score (nSPS) is 11.8. The molecular weight excluding hydrogens is 356 g/mol. The Labute approximate surface area is 146 Å². The molecule has 0 amide bonds. The van der Waals surface area contributed by atoms with Gasteiger partial charge in [-0.3, -0.25) is 0 Å². The zero-order chi connectivity index (χ0) is 16.1. The maximum absolute atomic E-state index is 5.48. The quantitative estimate of drug-likeness (QED) is 0.688. The molecule has 116 valence electrons. The number of halogens is 1. The molecule has 22 heavy (non-hydrogen) atoms. The van der Waals surface area contributed by atoms with E-state index in [1.807, 2.05) is 0 Å². The highest BCUT2D eigenvalue weighted by atomic mass is 79.9. The lowest BCUT2D eigenvalue weighted by molar-refractivity contribution is 0.629. The third kappa shape index (κ3) is 4.55. The Morgan fingerprint density at radius 1 is 1.14 bits per heavy atom. The molecule has 0 saturated carbocycles. The van der Waals surface area contributed by atoms with E-state index in [2.05, 4.69) is 89.8 Å². The van der Waals surface area contributed by atoms with E-state index in [0.29, 0.717) is 5.11 Å². The average Bonchev–Trinajstić information content (AvgIpc) is 2.49. The van der Waals surface area contributed by atoms with E-state index in [4.69, 9.17) is 12.2 Å². The molecule has 0 heterocycles. The number of aryl methyl sites for hydroxylation is 2. The van der Waals surface area contributed by atoms with E-state index >= 15 is 0 Å². The number of hydrogen-bond donors (Lipinski definition) is 2. The number of nitrogens with one attached hydrogen (secondary N) is 2. The monoisotopic (exact) mass is 376 g/mol. The molecule has 0 bridgehead atoms. The summed E-state index contributed by atoms with van der Waals surface area (Å²) in [5, 5.41) is 7.37. The first-order valence-corrected chi connectivity index (χ1v) is 8.60. The summed E-state index contributed by atoms with van der Waals surface area (Å²) in [5.41, 5.74) is 4.70. The molecule has 2 aromatic carbocycles. The number of hydrogen-bond acceptors (Lipinski definition) is 1. The predicted molar refractivity (Wildman–Crippen MR) is 102 cm³/mol. The minimum absolute atomic E-state index is 0.207. The molecule has 0 aliphatic heterocycles. The molecular formula is C18H21BrN2S. The van der Waals surface area contributed by atoms with Gasteiger partial charge in [0.05, 0.1) is 6.04 Å². The van der Waals surface area contributed by atoms with Crippen molar-refractivity contribution in [3.05, 3.63) is 63.6 Å². The topological polar surface area (TPSA) is 24.1 Å². The first-order valence-electron chi connectivity index (χ1n) is 7.40. The summed E-state index contributed by atoms with van der Waals surface area (Å²) in [4.78, 5) is 0. The van der Waals surface area contributed by atoms with Crippen LogP contribution in [0.5, 0.6) is 0 Å². The Bertz CT molecular complexity index is 653. The van der Waals surface area contributed by atoms with Crippen molar-refractivity contribution < 1.29 is 0 Å². The third-order valence-corrected chi connectivity index (χ3v) is 4.38. The van der Waals surface area contributed by atoms with E-state index < -0.39 is 0 Å². The largest absolute Gasteiger partial charge is 0.356 e. The van der Waals surface area contributed by atoms with E-state index in [1.54, 1.807) is 0 Å². The smallest absolute Gasteiger partial charge is 0.171 e.